The molecule has 2 rings (SSSR count). The number of methoxy groups -OCH3 is 1. The number of benzene rings is 1. The van der Waals surface area contributed by atoms with E-state index < -0.39 is 0 Å². The number of aliphatic imine (C=N–C) groups is 1. The minimum absolute atomic E-state index is 0.521. The predicted molar refractivity (Wildman–Crippen MR) is 108 cm³/mol. The summed E-state index contributed by atoms with van der Waals surface area (Å²) < 4.78 is 5.26. The molecule has 1 aromatic carbocycles. The number of rotatable bonds is 9. The van der Waals surface area contributed by atoms with Crippen LogP contribution in [0.2, 0.25) is 5.15 Å². The first-order valence-corrected chi connectivity index (χ1v) is 9.34. The average molecular weight is 375 g/mol. The van der Waals surface area contributed by atoms with Gasteiger partial charge in [0.2, 0.25) is 0 Å². The van der Waals surface area contributed by atoms with Crippen molar-refractivity contribution in [2.24, 2.45) is 4.99 Å². The van der Waals surface area contributed by atoms with Crippen molar-refractivity contribution in [3.63, 3.8) is 0 Å². The van der Waals surface area contributed by atoms with E-state index in [1.807, 2.05) is 30.5 Å². The van der Waals surface area contributed by atoms with E-state index >= 15 is 0 Å². The quantitative estimate of drug-likeness (QED) is 0.305. The van der Waals surface area contributed by atoms with Crippen LogP contribution < -0.4 is 15.4 Å². The Hall–Kier alpha value is -2.27. The summed E-state index contributed by atoms with van der Waals surface area (Å²) >= 11 is 5.81. The molecule has 0 fully saturated rings. The predicted octanol–water partition coefficient (Wildman–Crippen LogP) is 3.47. The lowest BCUT2D eigenvalue weighted by atomic mass is 10.1. The molecule has 2 aromatic rings. The maximum absolute atomic E-state index is 5.81. The van der Waals surface area contributed by atoms with Crippen LogP contribution >= 0.6 is 11.6 Å². The zero-order valence-corrected chi connectivity index (χ0v) is 16.2. The first-order chi connectivity index (χ1) is 12.7. The lowest BCUT2D eigenvalue weighted by molar-refractivity contribution is 0.414. The van der Waals surface area contributed by atoms with Crippen molar-refractivity contribution in [3.8, 4) is 5.75 Å². The van der Waals surface area contributed by atoms with Crippen LogP contribution in [0, 0.1) is 0 Å². The van der Waals surface area contributed by atoms with Crippen LogP contribution in [-0.2, 0) is 12.8 Å². The van der Waals surface area contributed by atoms with Gasteiger partial charge in [-0.2, -0.15) is 0 Å². The summed E-state index contributed by atoms with van der Waals surface area (Å²) in [4.78, 5) is 8.74. The minimum atomic E-state index is 0.521. The van der Waals surface area contributed by atoms with Crippen molar-refractivity contribution in [2.45, 2.75) is 26.2 Å². The molecule has 140 valence electrons. The Kier molecular flexibility index (Phi) is 8.76. The van der Waals surface area contributed by atoms with E-state index in [9.17, 15) is 0 Å². The highest BCUT2D eigenvalue weighted by Gasteiger charge is 2.00. The standard InChI is InChI=1S/C20H27ClN4O/c1-3-22-20(24-13-11-17-9-10-19(21)25-15-17)23-12-5-7-16-6-4-8-18(14-16)26-2/h4,6,8-10,14-15H,3,5,7,11-13H2,1-2H3,(H2,22,23,24). The number of ether oxygens (including phenoxy) is 1. The van der Waals surface area contributed by atoms with E-state index in [1.54, 1.807) is 7.11 Å². The second kappa shape index (κ2) is 11.4. The van der Waals surface area contributed by atoms with E-state index in [1.165, 1.54) is 5.56 Å². The van der Waals surface area contributed by atoms with Gasteiger partial charge in [0.15, 0.2) is 5.96 Å². The van der Waals surface area contributed by atoms with Gasteiger partial charge in [0.1, 0.15) is 10.9 Å². The molecule has 1 heterocycles. The molecular formula is C20H27ClN4O. The van der Waals surface area contributed by atoms with Gasteiger partial charge in [-0.1, -0.05) is 29.8 Å². The number of aromatic nitrogens is 1. The van der Waals surface area contributed by atoms with Crippen molar-refractivity contribution in [3.05, 3.63) is 58.9 Å². The normalized spacial score (nSPS) is 11.3. The van der Waals surface area contributed by atoms with Crippen LogP contribution in [0.5, 0.6) is 5.75 Å². The van der Waals surface area contributed by atoms with Gasteiger partial charge in [-0.05, 0) is 55.5 Å². The molecule has 0 amide bonds. The Balaban J connectivity index is 1.75. The SMILES string of the molecule is CCNC(=NCCCc1cccc(OC)c1)NCCc1ccc(Cl)nc1. The smallest absolute Gasteiger partial charge is 0.191 e. The number of pyridine rings is 1. The van der Waals surface area contributed by atoms with E-state index in [0.717, 1.165) is 56.2 Å². The first kappa shape index (κ1) is 20.0. The van der Waals surface area contributed by atoms with E-state index in [4.69, 9.17) is 16.3 Å². The molecule has 6 heteroatoms. The summed E-state index contributed by atoms with van der Waals surface area (Å²) in [6, 6.07) is 12.0. The van der Waals surface area contributed by atoms with E-state index in [-0.39, 0.29) is 0 Å². The molecule has 1 aromatic heterocycles. The highest BCUT2D eigenvalue weighted by atomic mass is 35.5. The third-order valence-corrected chi connectivity index (χ3v) is 4.09. The number of nitrogens with zero attached hydrogens (tertiary/aromatic N) is 2. The van der Waals surface area contributed by atoms with Crippen LogP contribution in [0.25, 0.3) is 0 Å². The largest absolute Gasteiger partial charge is 0.497 e. The van der Waals surface area contributed by atoms with Gasteiger partial charge in [0, 0.05) is 25.8 Å². The fourth-order valence-electron chi connectivity index (χ4n) is 2.52. The molecule has 0 unspecified atom stereocenters. The highest BCUT2D eigenvalue weighted by molar-refractivity contribution is 6.29. The Morgan fingerprint density at radius 3 is 2.77 bits per heavy atom. The Morgan fingerprint density at radius 1 is 1.15 bits per heavy atom. The fourth-order valence-corrected chi connectivity index (χ4v) is 2.64. The van der Waals surface area contributed by atoms with Gasteiger partial charge >= 0.3 is 0 Å². The van der Waals surface area contributed by atoms with Crippen LogP contribution in [0.1, 0.15) is 24.5 Å². The zero-order valence-electron chi connectivity index (χ0n) is 15.5. The van der Waals surface area contributed by atoms with Crippen molar-refractivity contribution in [1.29, 1.82) is 0 Å². The summed E-state index contributed by atoms with van der Waals surface area (Å²) in [7, 11) is 1.69. The second-order valence-electron chi connectivity index (χ2n) is 5.88. The molecule has 0 aliphatic rings. The summed E-state index contributed by atoms with van der Waals surface area (Å²) in [5.74, 6) is 1.75. The molecule has 0 saturated carbocycles. The lowest BCUT2D eigenvalue weighted by Gasteiger charge is -2.11. The number of hydrogen-bond donors (Lipinski definition) is 2. The maximum Gasteiger partial charge on any atom is 0.191 e. The second-order valence-corrected chi connectivity index (χ2v) is 6.27. The minimum Gasteiger partial charge on any atom is -0.497 e. The van der Waals surface area contributed by atoms with Crippen molar-refractivity contribution in [1.82, 2.24) is 15.6 Å². The molecule has 5 nitrogen and oxygen atoms in total. The summed E-state index contributed by atoms with van der Waals surface area (Å²) in [6.45, 7) is 4.47. The van der Waals surface area contributed by atoms with Gasteiger partial charge in [-0.25, -0.2) is 4.98 Å². The lowest BCUT2D eigenvalue weighted by Crippen LogP contribution is -2.38. The Morgan fingerprint density at radius 2 is 2.04 bits per heavy atom. The molecule has 26 heavy (non-hydrogen) atoms. The molecule has 0 bridgehead atoms. The van der Waals surface area contributed by atoms with Crippen LogP contribution in [-0.4, -0.2) is 37.7 Å². The van der Waals surface area contributed by atoms with Gasteiger partial charge in [0.05, 0.1) is 7.11 Å². The molecule has 0 aliphatic heterocycles. The van der Waals surface area contributed by atoms with E-state index in [2.05, 4.69) is 39.7 Å². The monoisotopic (exact) mass is 374 g/mol. The van der Waals surface area contributed by atoms with Crippen LogP contribution in [0.3, 0.4) is 0 Å². The molecule has 0 spiro atoms. The highest BCUT2D eigenvalue weighted by Crippen LogP contribution is 2.13. The summed E-state index contributed by atoms with van der Waals surface area (Å²) in [5.41, 5.74) is 2.42. The fraction of sp³-hybridized carbons (Fsp3) is 0.400. The zero-order chi connectivity index (χ0) is 18.6. The van der Waals surface area contributed by atoms with Crippen LogP contribution in [0.15, 0.2) is 47.6 Å². The molecule has 2 N–H and O–H groups in total. The molecule has 0 aliphatic carbocycles. The van der Waals surface area contributed by atoms with Gasteiger partial charge in [0.25, 0.3) is 0 Å². The Labute approximate surface area is 160 Å². The number of nitrogens with one attached hydrogen (secondary N) is 2. The van der Waals surface area contributed by atoms with Gasteiger partial charge in [-0.15, -0.1) is 0 Å². The number of halogens is 1. The Bertz CT molecular complexity index is 688. The summed E-state index contributed by atoms with van der Waals surface area (Å²) in [6.07, 6.45) is 4.65. The van der Waals surface area contributed by atoms with Crippen LogP contribution in [0.4, 0.5) is 0 Å². The molecule has 0 saturated heterocycles. The molecule has 0 atom stereocenters. The number of aryl methyl sites for hydroxylation is 1. The molecule has 0 radical (unpaired) electrons. The number of hydrogen-bond acceptors (Lipinski definition) is 3. The van der Waals surface area contributed by atoms with Gasteiger partial charge in [-0.3, -0.25) is 4.99 Å². The van der Waals surface area contributed by atoms with Crippen molar-refractivity contribution in [2.75, 3.05) is 26.7 Å². The van der Waals surface area contributed by atoms with E-state index in [0.29, 0.717) is 5.15 Å². The third kappa shape index (κ3) is 7.31. The maximum atomic E-state index is 5.81. The summed E-state index contributed by atoms with van der Waals surface area (Å²) in [5, 5.41) is 7.16. The molecular weight excluding hydrogens is 348 g/mol. The average Bonchev–Trinajstić information content (AvgIpc) is 2.67. The topological polar surface area (TPSA) is 58.5 Å². The van der Waals surface area contributed by atoms with Crippen molar-refractivity contribution < 1.29 is 4.74 Å². The van der Waals surface area contributed by atoms with Crippen molar-refractivity contribution >= 4 is 17.6 Å². The first-order valence-electron chi connectivity index (χ1n) is 8.97. The third-order valence-electron chi connectivity index (χ3n) is 3.87. The van der Waals surface area contributed by atoms with Gasteiger partial charge < -0.3 is 15.4 Å². The number of guanidine groups is 1.